The average Bonchev–Trinajstić information content (AvgIpc) is 3.03. The van der Waals surface area contributed by atoms with Crippen LogP contribution < -0.4 is 9.47 Å². The number of rotatable bonds is 4. The van der Waals surface area contributed by atoms with Gasteiger partial charge in [-0.1, -0.05) is 61.8 Å². The van der Waals surface area contributed by atoms with Crippen molar-refractivity contribution in [1.29, 1.82) is 0 Å². The normalized spacial score (nSPS) is 14.0. The summed E-state index contributed by atoms with van der Waals surface area (Å²) in [5.41, 5.74) is 2.80. The van der Waals surface area contributed by atoms with Crippen molar-refractivity contribution in [3.8, 4) is 11.5 Å². The van der Waals surface area contributed by atoms with Crippen LogP contribution in [0, 0.1) is 0 Å². The minimum atomic E-state index is -0.578. The third-order valence-electron chi connectivity index (χ3n) is 4.85. The van der Waals surface area contributed by atoms with Crippen LogP contribution in [0.4, 0.5) is 0 Å². The Balaban J connectivity index is 1.54. The maximum Gasteiger partial charge on any atom is 0.345 e. The Labute approximate surface area is 179 Å². The summed E-state index contributed by atoms with van der Waals surface area (Å²) >= 11 is 6.04. The molecular weight excluding hydrogens is 400 g/mol. The van der Waals surface area contributed by atoms with Gasteiger partial charge in [0.2, 0.25) is 5.78 Å². The van der Waals surface area contributed by atoms with Crippen LogP contribution >= 0.6 is 11.6 Å². The number of fused-ring (bicyclic) bond motifs is 1. The van der Waals surface area contributed by atoms with Crippen molar-refractivity contribution in [2.45, 2.75) is 19.8 Å². The van der Waals surface area contributed by atoms with E-state index >= 15 is 0 Å². The van der Waals surface area contributed by atoms with E-state index in [1.54, 1.807) is 42.5 Å². The van der Waals surface area contributed by atoms with Crippen molar-refractivity contribution in [2.24, 2.45) is 0 Å². The van der Waals surface area contributed by atoms with Gasteiger partial charge in [0.1, 0.15) is 11.5 Å². The standard InChI is InChI=1S/C25H19ClO4/c1-15(2)17-9-7-16(8-10-17)13-23-24(27)20-12-11-18(14-22(20)30-23)29-25(28)19-5-3-4-6-21(19)26/h3-15H,1-2H3/b23-13-. The molecule has 1 heterocycles. The molecule has 0 N–H and O–H groups in total. The Kier molecular flexibility index (Phi) is 5.42. The van der Waals surface area contributed by atoms with Crippen molar-refractivity contribution in [3.63, 3.8) is 0 Å². The van der Waals surface area contributed by atoms with Gasteiger partial charge in [0.05, 0.1) is 16.1 Å². The van der Waals surface area contributed by atoms with E-state index in [1.165, 1.54) is 11.6 Å². The molecule has 0 aliphatic carbocycles. The highest BCUT2D eigenvalue weighted by Crippen LogP contribution is 2.35. The van der Waals surface area contributed by atoms with Crippen LogP contribution in [0.2, 0.25) is 5.02 Å². The van der Waals surface area contributed by atoms with E-state index in [0.717, 1.165) is 5.56 Å². The molecule has 4 nitrogen and oxygen atoms in total. The van der Waals surface area contributed by atoms with Gasteiger partial charge in [0.25, 0.3) is 0 Å². The highest BCUT2D eigenvalue weighted by molar-refractivity contribution is 6.33. The lowest BCUT2D eigenvalue weighted by molar-refractivity contribution is 0.0734. The largest absolute Gasteiger partial charge is 0.452 e. The molecule has 0 amide bonds. The van der Waals surface area contributed by atoms with E-state index < -0.39 is 5.97 Å². The smallest absolute Gasteiger partial charge is 0.345 e. The summed E-state index contributed by atoms with van der Waals surface area (Å²) in [5.74, 6) is 0.514. The highest BCUT2D eigenvalue weighted by atomic mass is 35.5. The first-order valence-corrected chi connectivity index (χ1v) is 9.95. The zero-order valence-corrected chi connectivity index (χ0v) is 17.3. The number of hydrogen-bond acceptors (Lipinski definition) is 4. The number of ketones is 1. The first kappa shape index (κ1) is 19.9. The summed E-state index contributed by atoms with van der Waals surface area (Å²) in [6.45, 7) is 4.26. The molecule has 0 atom stereocenters. The van der Waals surface area contributed by atoms with Crippen LogP contribution in [0.5, 0.6) is 11.5 Å². The number of benzene rings is 3. The maximum atomic E-state index is 12.7. The third-order valence-corrected chi connectivity index (χ3v) is 5.18. The highest BCUT2D eigenvalue weighted by Gasteiger charge is 2.28. The van der Waals surface area contributed by atoms with Crippen LogP contribution in [0.25, 0.3) is 6.08 Å². The molecule has 0 radical (unpaired) electrons. The molecule has 0 aromatic heterocycles. The van der Waals surface area contributed by atoms with Gasteiger partial charge in [-0.3, -0.25) is 4.79 Å². The van der Waals surface area contributed by atoms with Crippen molar-refractivity contribution < 1.29 is 19.1 Å². The molecule has 3 aromatic carbocycles. The summed E-state index contributed by atoms with van der Waals surface area (Å²) in [7, 11) is 0. The lowest BCUT2D eigenvalue weighted by Gasteiger charge is -2.07. The fourth-order valence-electron chi connectivity index (χ4n) is 3.15. The quantitative estimate of drug-likeness (QED) is 0.283. The van der Waals surface area contributed by atoms with Crippen LogP contribution in [0.15, 0.2) is 72.5 Å². The second-order valence-electron chi connectivity index (χ2n) is 7.29. The Morgan fingerprint density at radius 1 is 1.03 bits per heavy atom. The molecular formula is C25H19ClO4. The lowest BCUT2D eigenvalue weighted by atomic mass is 10.0. The Hall–Kier alpha value is -3.37. The molecule has 1 aliphatic rings. The number of esters is 1. The van der Waals surface area contributed by atoms with E-state index in [1.807, 2.05) is 24.3 Å². The monoisotopic (exact) mass is 418 g/mol. The van der Waals surface area contributed by atoms with Crippen molar-refractivity contribution in [3.05, 3.63) is 99.8 Å². The van der Waals surface area contributed by atoms with E-state index in [0.29, 0.717) is 22.3 Å². The SMILES string of the molecule is CC(C)c1ccc(/C=C2\Oc3cc(OC(=O)c4ccccc4Cl)ccc3C2=O)cc1. The minimum absolute atomic E-state index is 0.207. The van der Waals surface area contributed by atoms with Crippen molar-refractivity contribution in [2.75, 3.05) is 0 Å². The number of ether oxygens (including phenoxy) is 2. The number of carbonyl (C=O) groups is 2. The number of hydrogen-bond donors (Lipinski definition) is 0. The van der Waals surface area contributed by atoms with Gasteiger partial charge in [-0.25, -0.2) is 4.79 Å². The zero-order chi connectivity index (χ0) is 21.3. The number of carbonyl (C=O) groups excluding carboxylic acids is 2. The first-order chi connectivity index (χ1) is 14.4. The van der Waals surface area contributed by atoms with Gasteiger partial charge >= 0.3 is 5.97 Å². The molecule has 0 unspecified atom stereocenters. The van der Waals surface area contributed by atoms with Crippen LogP contribution in [-0.4, -0.2) is 11.8 Å². The summed E-state index contributed by atoms with van der Waals surface area (Å²) in [6.07, 6.45) is 1.71. The minimum Gasteiger partial charge on any atom is -0.452 e. The second kappa shape index (κ2) is 8.17. The predicted octanol–water partition coefficient (Wildman–Crippen LogP) is 6.30. The summed E-state index contributed by atoms with van der Waals surface area (Å²) < 4.78 is 11.1. The summed E-state index contributed by atoms with van der Waals surface area (Å²) in [4.78, 5) is 25.0. The van der Waals surface area contributed by atoms with E-state index in [2.05, 4.69) is 13.8 Å². The van der Waals surface area contributed by atoms with E-state index in [4.69, 9.17) is 21.1 Å². The molecule has 4 rings (SSSR count). The van der Waals surface area contributed by atoms with E-state index in [-0.39, 0.29) is 22.9 Å². The van der Waals surface area contributed by atoms with Gasteiger partial charge < -0.3 is 9.47 Å². The molecule has 0 saturated carbocycles. The fourth-order valence-corrected chi connectivity index (χ4v) is 3.36. The number of halogens is 1. The van der Waals surface area contributed by atoms with Crippen molar-refractivity contribution in [1.82, 2.24) is 0 Å². The molecule has 3 aromatic rings. The van der Waals surface area contributed by atoms with Crippen LogP contribution in [-0.2, 0) is 0 Å². The number of allylic oxidation sites excluding steroid dienone is 1. The van der Waals surface area contributed by atoms with E-state index in [9.17, 15) is 9.59 Å². The van der Waals surface area contributed by atoms with Crippen molar-refractivity contribution >= 4 is 29.4 Å². The first-order valence-electron chi connectivity index (χ1n) is 9.57. The molecule has 0 saturated heterocycles. The van der Waals surface area contributed by atoms with Gasteiger partial charge in [-0.2, -0.15) is 0 Å². The molecule has 0 spiro atoms. The lowest BCUT2D eigenvalue weighted by Crippen LogP contribution is -2.09. The summed E-state index contributed by atoms with van der Waals surface area (Å²) in [6, 6.07) is 19.3. The predicted molar refractivity (Wildman–Crippen MR) is 116 cm³/mol. The Bertz CT molecular complexity index is 1160. The molecule has 0 bridgehead atoms. The maximum absolute atomic E-state index is 12.7. The molecule has 5 heteroatoms. The van der Waals surface area contributed by atoms with Gasteiger partial charge in [0, 0.05) is 6.07 Å². The third kappa shape index (κ3) is 4.00. The number of Topliss-reactive ketones (excluding diaryl/α,β-unsaturated/α-hetero) is 1. The van der Waals surface area contributed by atoms with Crippen LogP contribution in [0.3, 0.4) is 0 Å². The van der Waals surface area contributed by atoms with Gasteiger partial charge in [0.15, 0.2) is 5.76 Å². The van der Waals surface area contributed by atoms with Crippen LogP contribution in [0.1, 0.15) is 51.6 Å². The molecule has 1 aliphatic heterocycles. The molecule has 30 heavy (non-hydrogen) atoms. The van der Waals surface area contributed by atoms with Gasteiger partial charge in [-0.15, -0.1) is 0 Å². The zero-order valence-electron chi connectivity index (χ0n) is 16.5. The Morgan fingerprint density at radius 2 is 1.77 bits per heavy atom. The topological polar surface area (TPSA) is 52.6 Å². The Morgan fingerprint density at radius 3 is 2.47 bits per heavy atom. The van der Waals surface area contributed by atoms with Gasteiger partial charge in [-0.05, 0) is 47.4 Å². The molecule has 0 fully saturated rings. The second-order valence-corrected chi connectivity index (χ2v) is 7.70. The fraction of sp³-hybridized carbons (Fsp3) is 0.120. The summed E-state index contributed by atoms with van der Waals surface area (Å²) in [5, 5.41) is 0.309. The average molecular weight is 419 g/mol. The molecule has 150 valence electrons.